The summed E-state index contributed by atoms with van der Waals surface area (Å²) in [5.41, 5.74) is -1.53. The van der Waals surface area contributed by atoms with E-state index in [4.69, 9.17) is 42.3 Å². The smallest absolute Gasteiger partial charge is 0.239 e. The number of aliphatic hydroxyl groups is 12. The first-order valence-corrected chi connectivity index (χ1v) is 21.5. The summed E-state index contributed by atoms with van der Waals surface area (Å²) in [6, 6.07) is 5.09. The fourth-order valence-corrected chi connectivity index (χ4v) is 8.53. The van der Waals surface area contributed by atoms with Crippen molar-refractivity contribution < 1.29 is 124 Å². The van der Waals surface area contributed by atoms with Gasteiger partial charge in [0.05, 0.1) is 63.6 Å². The van der Waals surface area contributed by atoms with Crippen LogP contribution < -0.4 is 10.2 Å². The Morgan fingerprint density at radius 1 is 0.544 bits per heavy atom. The normalized spacial score (nSPS) is 39.0. The first kappa shape index (κ1) is 51.7. The van der Waals surface area contributed by atoms with Gasteiger partial charge in [0.1, 0.15) is 77.4 Å². The molecule has 26 nitrogen and oxygen atoms in total. The first-order valence-electron chi connectivity index (χ1n) is 21.5. The van der Waals surface area contributed by atoms with Crippen molar-refractivity contribution >= 4 is 11.0 Å². The zero-order valence-corrected chi connectivity index (χ0v) is 35.9. The standard InChI is InChI=1S/C42H56O26/c1-13-26(49)31(54)35(58)40(63-13)62-12-24-16(4-5-60-39-33(56)28(51)17(22(9-43)65-39)11-61-41-36(59)32(55)29(52)23(10-44)66-41)27(50)34(57)42(67-24)68-38-30(53)25-20(48)7-15(45)8-21(25)64-37(38)14-2-3-18(46)19(47)6-14/h2-3,6-8,13,16-17,22-24,26-29,31-36,39-52,54-59H,4-5,9-12H2,1H3/t13?,16-,17-,22?,23?,24?,26+,27-,28-,29-,31+,32-,33?,34?,35?,36?,39+,40-,41+,42+/m1/s1. The van der Waals surface area contributed by atoms with Gasteiger partial charge in [0.15, 0.2) is 36.1 Å². The van der Waals surface area contributed by atoms with Gasteiger partial charge in [-0.15, -0.1) is 0 Å². The SMILES string of the molecule is CC1O[C@@H](OCC2O[C@@H](Oc3c(-c4ccc(O)c(O)c4)oc4cc(O)cc(O)c4c3=O)C(O)[C@H](O)[C@@H]2CCO[C@H]2OC(CO)[C@@H](CO[C@H]3OC(CO)[C@@H](O)[C@@H](O)C3O)[C@@H](O)C2O)C(O)[C@@H](O)[C@H]1O. The molecule has 26 heteroatoms. The number of rotatable bonds is 15. The van der Waals surface area contributed by atoms with Crippen LogP contribution in [-0.4, -0.2) is 225 Å². The lowest BCUT2D eigenvalue weighted by Gasteiger charge is -2.45. The highest BCUT2D eigenvalue weighted by Crippen LogP contribution is 2.41. The maximum absolute atomic E-state index is 14.1. The van der Waals surface area contributed by atoms with Crippen LogP contribution in [0.4, 0.5) is 0 Å². The monoisotopic (exact) mass is 976 g/mol. The number of aliphatic hydroxyl groups excluding tert-OH is 12. The predicted octanol–water partition coefficient (Wildman–Crippen LogP) is -5.15. The van der Waals surface area contributed by atoms with Crippen molar-refractivity contribution in [2.75, 3.05) is 33.0 Å². The molecule has 0 radical (unpaired) electrons. The third-order valence-corrected chi connectivity index (χ3v) is 12.5. The molecule has 2 aromatic carbocycles. The van der Waals surface area contributed by atoms with Gasteiger partial charge in [-0.3, -0.25) is 4.79 Å². The zero-order valence-electron chi connectivity index (χ0n) is 35.9. The van der Waals surface area contributed by atoms with E-state index in [9.17, 15) is 86.5 Å². The van der Waals surface area contributed by atoms with E-state index in [-0.39, 0.29) is 17.6 Å². The largest absolute Gasteiger partial charge is 0.508 e. The molecule has 4 saturated heterocycles. The van der Waals surface area contributed by atoms with Gasteiger partial charge in [-0.2, -0.15) is 0 Å². The van der Waals surface area contributed by atoms with Crippen LogP contribution >= 0.6 is 0 Å². The summed E-state index contributed by atoms with van der Waals surface area (Å²) < 4.78 is 51.6. The molecule has 0 saturated carbocycles. The molecule has 0 amide bonds. The third kappa shape index (κ3) is 10.4. The van der Waals surface area contributed by atoms with Gasteiger partial charge < -0.3 is 124 Å². The Bertz CT molecular complexity index is 2220. The van der Waals surface area contributed by atoms with Crippen molar-refractivity contribution in [3.63, 3.8) is 0 Å². The fourth-order valence-electron chi connectivity index (χ4n) is 8.53. The fraction of sp³-hybridized carbons (Fsp3) is 0.643. The summed E-state index contributed by atoms with van der Waals surface area (Å²) >= 11 is 0. The maximum atomic E-state index is 14.1. The van der Waals surface area contributed by atoms with Gasteiger partial charge in [0.2, 0.25) is 17.5 Å². The van der Waals surface area contributed by atoms with E-state index in [1.165, 1.54) is 13.0 Å². The highest BCUT2D eigenvalue weighted by atomic mass is 16.7. The van der Waals surface area contributed by atoms with Gasteiger partial charge in [-0.1, -0.05) is 0 Å². The second-order valence-corrected chi connectivity index (χ2v) is 17.0. The van der Waals surface area contributed by atoms with Crippen LogP contribution in [0.25, 0.3) is 22.3 Å². The van der Waals surface area contributed by atoms with Crippen LogP contribution in [0.3, 0.4) is 0 Å². The summed E-state index contributed by atoms with van der Waals surface area (Å²) in [4.78, 5) is 14.1. The topological polar surface area (TPSA) is 428 Å². The molecule has 5 heterocycles. The molecule has 4 fully saturated rings. The molecule has 16 N–H and O–H groups in total. The number of phenols is 4. The molecule has 68 heavy (non-hydrogen) atoms. The molecule has 0 aliphatic carbocycles. The van der Waals surface area contributed by atoms with Crippen LogP contribution in [0.5, 0.6) is 28.7 Å². The lowest BCUT2D eigenvalue weighted by atomic mass is 9.86. The van der Waals surface area contributed by atoms with E-state index < -0.39 is 201 Å². The quantitative estimate of drug-likeness (QED) is 0.0633. The summed E-state index contributed by atoms with van der Waals surface area (Å²) in [6.45, 7) is -1.73. The van der Waals surface area contributed by atoms with Crippen molar-refractivity contribution in [2.45, 2.75) is 124 Å². The second-order valence-electron chi connectivity index (χ2n) is 17.0. The van der Waals surface area contributed by atoms with E-state index >= 15 is 0 Å². The average Bonchev–Trinajstić information content (AvgIpc) is 3.30. The van der Waals surface area contributed by atoms with E-state index in [2.05, 4.69) is 0 Å². The minimum atomic E-state index is -2.03. The summed E-state index contributed by atoms with van der Waals surface area (Å²) in [5, 5.41) is 167. The Labute approximate surface area is 384 Å². The Morgan fingerprint density at radius 3 is 1.79 bits per heavy atom. The highest BCUT2D eigenvalue weighted by Gasteiger charge is 2.51. The Kier molecular flexibility index (Phi) is 16.3. The zero-order chi connectivity index (χ0) is 49.5. The van der Waals surface area contributed by atoms with Gasteiger partial charge in [-0.05, 0) is 31.5 Å². The lowest BCUT2D eigenvalue weighted by Crippen LogP contribution is -2.61. The Hall–Kier alpha value is -4.11. The number of hydrogen-bond acceptors (Lipinski definition) is 26. The molecule has 8 unspecified atom stereocenters. The Morgan fingerprint density at radius 2 is 1.12 bits per heavy atom. The number of ether oxygens (including phenoxy) is 8. The van der Waals surface area contributed by atoms with Crippen LogP contribution in [0.1, 0.15) is 13.3 Å². The van der Waals surface area contributed by atoms with Crippen LogP contribution in [-0.2, 0) is 33.2 Å². The molecule has 20 atom stereocenters. The predicted molar refractivity (Wildman–Crippen MR) is 219 cm³/mol. The van der Waals surface area contributed by atoms with Crippen molar-refractivity contribution in [1.82, 2.24) is 0 Å². The second kappa shape index (κ2) is 21.5. The van der Waals surface area contributed by atoms with Crippen molar-refractivity contribution in [2.24, 2.45) is 11.8 Å². The number of hydrogen-bond donors (Lipinski definition) is 16. The van der Waals surface area contributed by atoms with E-state index in [1.54, 1.807) is 0 Å². The summed E-state index contributed by atoms with van der Waals surface area (Å²) in [7, 11) is 0. The Balaban J connectivity index is 1.10. The molecule has 4 aliphatic rings. The van der Waals surface area contributed by atoms with E-state index in [0.717, 1.165) is 24.3 Å². The van der Waals surface area contributed by atoms with Crippen molar-refractivity contribution in [1.29, 1.82) is 0 Å². The molecule has 4 aliphatic heterocycles. The van der Waals surface area contributed by atoms with Crippen LogP contribution in [0.2, 0.25) is 0 Å². The maximum Gasteiger partial charge on any atom is 0.239 e. The van der Waals surface area contributed by atoms with Gasteiger partial charge in [0, 0.05) is 29.5 Å². The molecular weight excluding hydrogens is 920 g/mol. The summed E-state index contributed by atoms with van der Waals surface area (Å²) in [5.74, 6) is -6.11. The minimum absolute atomic E-state index is 0.0930. The summed E-state index contributed by atoms with van der Waals surface area (Å²) in [6.07, 6.45) is -29.9. The van der Waals surface area contributed by atoms with Gasteiger partial charge >= 0.3 is 0 Å². The van der Waals surface area contributed by atoms with Crippen LogP contribution in [0.15, 0.2) is 39.5 Å². The number of aromatic hydroxyl groups is 4. The lowest BCUT2D eigenvalue weighted by molar-refractivity contribution is -0.325. The molecule has 1 aromatic heterocycles. The first-order chi connectivity index (χ1) is 32.2. The molecule has 380 valence electrons. The number of benzene rings is 2. The van der Waals surface area contributed by atoms with Gasteiger partial charge in [-0.25, -0.2) is 0 Å². The number of fused-ring (bicyclic) bond motifs is 1. The van der Waals surface area contributed by atoms with Gasteiger partial charge in [0.25, 0.3) is 0 Å². The highest BCUT2D eigenvalue weighted by molar-refractivity contribution is 5.88. The average molecular weight is 977 g/mol. The molecular formula is C42H56O26. The third-order valence-electron chi connectivity index (χ3n) is 12.5. The van der Waals surface area contributed by atoms with E-state index in [0.29, 0.717) is 0 Å². The van der Waals surface area contributed by atoms with E-state index in [1.807, 2.05) is 0 Å². The van der Waals surface area contributed by atoms with Crippen LogP contribution in [0, 0.1) is 11.8 Å². The molecule has 0 bridgehead atoms. The van der Waals surface area contributed by atoms with Crippen molar-refractivity contribution in [3.8, 4) is 40.1 Å². The molecule has 7 rings (SSSR count). The molecule has 0 spiro atoms. The number of phenolic OH excluding ortho intramolecular Hbond substituents is 4. The van der Waals surface area contributed by atoms with Crippen molar-refractivity contribution in [3.05, 3.63) is 40.6 Å². The minimum Gasteiger partial charge on any atom is -0.508 e. The molecule has 3 aromatic rings.